The molecule has 2 N–H and O–H groups in total. The molecule has 0 saturated carbocycles. The van der Waals surface area contributed by atoms with Crippen LogP contribution in [0, 0.1) is 5.92 Å². The molecule has 6 heteroatoms. The number of hydrogen-bond acceptors (Lipinski definition) is 2. The molecule has 1 aromatic carbocycles. The van der Waals surface area contributed by atoms with Crippen LogP contribution in [0.3, 0.4) is 0 Å². The Bertz CT molecular complexity index is 505. The van der Waals surface area contributed by atoms with E-state index in [9.17, 15) is 4.79 Å². The number of halogens is 1. The molecule has 1 aromatic rings. The van der Waals surface area contributed by atoms with E-state index in [4.69, 9.17) is 0 Å². The van der Waals surface area contributed by atoms with Crippen molar-refractivity contribution in [3.05, 3.63) is 35.9 Å². The summed E-state index contributed by atoms with van der Waals surface area (Å²) in [5.74, 6) is 1.56. The SMILES string of the molecule is CCNC(=NCCC(C)C)NCCC(=O)N(C)Cc1ccccc1.I. The molecule has 25 heavy (non-hydrogen) atoms. The summed E-state index contributed by atoms with van der Waals surface area (Å²) in [4.78, 5) is 18.5. The standard InChI is InChI=1S/C19H32N4O.HI/c1-5-20-19(21-13-11-16(2)3)22-14-12-18(24)23(4)15-17-9-7-6-8-10-17;/h6-10,16H,5,11-15H2,1-4H3,(H2,20,21,22);1H. The third-order valence-electron chi connectivity index (χ3n) is 3.64. The lowest BCUT2D eigenvalue weighted by atomic mass is 10.1. The van der Waals surface area contributed by atoms with Crippen LogP contribution in [0.2, 0.25) is 0 Å². The van der Waals surface area contributed by atoms with Crippen molar-refractivity contribution >= 4 is 35.8 Å². The molecule has 0 saturated heterocycles. The third-order valence-corrected chi connectivity index (χ3v) is 3.64. The number of aliphatic imine (C=N–C) groups is 1. The Morgan fingerprint density at radius 3 is 2.48 bits per heavy atom. The molecule has 0 aliphatic rings. The van der Waals surface area contributed by atoms with Crippen LogP contribution >= 0.6 is 24.0 Å². The van der Waals surface area contributed by atoms with Crippen molar-refractivity contribution in [3.63, 3.8) is 0 Å². The average molecular weight is 460 g/mol. The van der Waals surface area contributed by atoms with Crippen molar-refractivity contribution < 1.29 is 4.79 Å². The van der Waals surface area contributed by atoms with Gasteiger partial charge in [0.25, 0.3) is 0 Å². The van der Waals surface area contributed by atoms with Gasteiger partial charge in [-0.2, -0.15) is 0 Å². The number of guanidine groups is 1. The van der Waals surface area contributed by atoms with Crippen molar-refractivity contribution in [1.29, 1.82) is 0 Å². The molecule has 1 amide bonds. The van der Waals surface area contributed by atoms with Gasteiger partial charge in [0.1, 0.15) is 0 Å². The predicted octanol–water partition coefficient (Wildman–Crippen LogP) is 3.25. The van der Waals surface area contributed by atoms with Crippen molar-refractivity contribution in [2.45, 2.75) is 40.2 Å². The summed E-state index contributed by atoms with van der Waals surface area (Å²) in [6.45, 7) is 9.27. The lowest BCUT2D eigenvalue weighted by molar-refractivity contribution is -0.130. The number of rotatable bonds is 9. The summed E-state index contributed by atoms with van der Waals surface area (Å²) >= 11 is 0. The highest BCUT2D eigenvalue weighted by atomic mass is 127. The molecule has 0 unspecified atom stereocenters. The van der Waals surface area contributed by atoms with E-state index in [2.05, 4.69) is 29.5 Å². The minimum atomic E-state index is 0. The Balaban J connectivity index is 0.00000576. The van der Waals surface area contributed by atoms with Gasteiger partial charge in [-0.1, -0.05) is 44.2 Å². The van der Waals surface area contributed by atoms with E-state index in [0.717, 1.165) is 31.0 Å². The first kappa shape index (κ1) is 23.7. The first-order valence-corrected chi connectivity index (χ1v) is 8.83. The Hall–Kier alpha value is -1.31. The first-order chi connectivity index (χ1) is 11.5. The molecule has 0 heterocycles. The van der Waals surface area contributed by atoms with Crippen LogP contribution in [0.25, 0.3) is 0 Å². The van der Waals surface area contributed by atoms with Gasteiger partial charge in [0, 0.05) is 39.6 Å². The maximum absolute atomic E-state index is 12.2. The number of nitrogens with zero attached hydrogens (tertiary/aromatic N) is 2. The molecule has 0 aliphatic carbocycles. The van der Waals surface area contributed by atoms with Gasteiger partial charge in [0.15, 0.2) is 5.96 Å². The summed E-state index contributed by atoms with van der Waals surface area (Å²) in [5.41, 5.74) is 1.14. The Morgan fingerprint density at radius 1 is 1.20 bits per heavy atom. The lowest BCUT2D eigenvalue weighted by Gasteiger charge is -2.18. The van der Waals surface area contributed by atoms with Gasteiger partial charge in [-0.3, -0.25) is 9.79 Å². The minimum absolute atomic E-state index is 0. The van der Waals surface area contributed by atoms with Crippen LogP contribution in [0.5, 0.6) is 0 Å². The van der Waals surface area contributed by atoms with Gasteiger partial charge in [-0.25, -0.2) is 0 Å². The zero-order chi connectivity index (χ0) is 17.8. The number of nitrogens with one attached hydrogen (secondary N) is 2. The summed E-state index contributed by atoms with van der Waals surface area (Å²) in [5, 5.41) is 6.45. The van der Waals surface area contributed by atoms with E-state index in [0.29, 0.717) is 25.4 Å². The highest BCUT2D eigenvalue weighted by molar-refractivity contribution is 14.0. The molecule has 0 spiro atoms. The topological polar surface area (TPSA) is 56.7 Å². The van der Waals surface area contributed by atoms with Gasteiger partial charge >= 0.3 is 0 Å². The smallest absolute Gasteiger partial charge is 0.224 e. The molecular weight excluding hydrogens is 427 g/mol. The fourth-order valence-electron chi connectivity index (χ4n) is 2.20. The van der Waals surface area contributed by atoms with Crippen LogP contribution in [0.15, 0.2) is 35.3 Å². The zero-order valence-electron chi connectivity index (χ0n) is 15.9. The van der Waals surface area contributed by atoms with Crippen molar-refractivity contribution in [2.75, 3.05) is 26.7 Å². The molecule has 0 atom stereocenters. The molecule has 0 aromatic heterocycles. The molecular formula is C19H33IN4O. The Labute approximate surface area is 169 Å². The van der Waals surface area contributed by atoms with Crippen LogP contribution in [-0.2, 0) is 11.3 Å². The number of carbonyl (C=O) groups excluding carboxylic acids is 1. The molecule has 0 bridgehead atoms. The third kappa shape index (κ3) is 11.0. The molecule has 0 aliphatic heterocycles. The molecule has 5 nitrogen and oxygen atoms in total. The van der Waals surface area contributed by atoms with E-state index in [1.807, 2.05) is 44.3 Å². The normalized spacial score (nSPS) is 11.0. The largest absolute Gasteiger partial charge is 0.357 e. The maximum atomic E-state index is 12.2. The van der Waals surface area contributed by atoms with Crippen molar-refractivity contribution in [3.8, 4) is 0 Å². The second-order valence-electron chi connectivity index (χ2n) is 6.36. The fourth-order valence-corrected chi connectivity index (χ4v) is 2.20. The van der Waals surface area contributed by atoms with E-state index in [1.54, 1.807) is 4.90 Å². The molecule has 0 fully saturated rings. The summed E-state index contributed by atoms with van der Waals surface area (Å²) < 4.78 is 0. The quantitative estimate of drug-likeness (QED) is 0.338. The van der Waals surface area contributed by atoms with Gasteiger partial charge in [-0.15, -0.1) is 24.0 Å². The van der Waals surface area contributed by atoms with Crippen LogP contribution in [-0.4, -0.2) is 43.4 Å². The predicted molar refractivity (Wildman–Crippen MR) is 116 cm³/mol. The Kier molecular flexibility index (Phi) is 13.2. The number of benzene rings is 1. The van der Waals surface area contributed by atoms with Gasteiger partial charge < -0.3 is 15.5 Å². The maximum Gasteiger partial charge on any atom is 0.224 e. The highest BCUT2D eigenvalue weighted by Gasteiger charge is 2.09. The van der Waals surface area contributed by atoms with Gasteiger partial charge in [-0.05, 0) is 24.8 Å². The number of amides is 1. The Morgan fingerprint density at radius 2 is 1.88 bits per heavy atom. The highest BCUT2D eigenvalue weighted by Crippen LogP contribution is 2.03. The molecule has 1 rings (SSSR count). The lowest BCUT2D eigenvalue weighted by Crippen LogP contribution is -2.39. The fraction of sp³-hybridized carbons (Fsp3) is 0.579. The second-order valence-corrected chi connectivity index (χ2v) is 6.36. The van der Waals surface area contributed by atoms with E-state index < -0.39 is 0 Å². The van der Waals surface area contributed by atoms with E-state index in [-0.39, 0.29) is 29.9 Å². The van der Waals surface area contributed by atoms with E-state index >= 15 is 0 Å². The zero-order valence-corrected chi connectivity index (χ0v) is 18.2. The van der Waals surface area contributed by atoms with Crippen LogP contribution in [0.4, 0.5) is 0 Å². The number of carbonyl (C=O) groups is 1. The minimum Gasteiger partial charge on any atom is -0.357 e. The summed E-state index contributed by atoms with van der Waals surface area (Å²) in [6.07, 6.45) is 1.52. The van der Waals surface area contributed by atoms with Gasteiger partial charge in [0.05, 0.1) is 0 Å². The first-order valence-electron chi connectivity index (χ1n) is 8.83. The van der Waals surface area contributed by atoms with E-state index in [1.165, 1.54) is 0 Å². The average Bonchev–Trinajstić information content (AvgIpc) is 2.55. The monoisotopic (exact) mass is 460 g/mol. The number of hydrogen-bond donors (Lipinski definition) is 2. The van der Waals surface area contributed by atoms with Crippen molar-refractivity contribution in [2.24, 2.45) is 10.9 Å². The van der Waals surface area contributed by atoms with Crippen LogP contribution in [0.1, 0.15) is 39.2 Å². The van der Waals surface area contributed by atoms with Crippen LogP contribution < -0.4 is 10.6 Å². The molecule has 0 radical (unpaired) electrons. The molecule has 142 valence electrons. The second kappa shape index (κ2) is 13.9. The van der Waals surface area contributed by atoms with Crippen molar-refractivity contribution in [1.82, 2.24) is 15.5 Å². The summed E-state index contributed by atoms with van der Waals surface area (Å²) in [7, 11) is 1.84. The van der Waals surface area contributed by atoms with Gasteiger partial charge in [0.2, 0.25) is 5.91 Å². The summed E-state index contributed by atoms with van der Waals surface area (Å²) in [6, 6.07) is 10.0.